The molecule has 5 nitrogen and oxygen atoms in total. The number of piperidine rings is 1. The number of carbonyl (C=O) groups is 1. The molecule has 0 spiro atoms. The second kappa shape index (κ2) is 8.81. The summed E-state index contributed by atoms with van der Waals surface area (Å²) in [5, 5.41) is 4.12. The molecule has 5 heteroatoms. The molecule has 1 amide bonds. The lowest BCUT2D eigenvalue weighted by atomic mass is 9.98. The lowest BCUT2D eigenvalue weighted by Crippen LogP contribution is -2.38. The molecule has 0 N–H and O–H groups in total. The second-order valence-corrected chi connectivity index (χ2v) is 6.60. The molecular formula is C20H26N2O3. The van der Waals surface area contributed by atoms with E-state index in [-0.39, 0.29) is 11.9 Å². The van der Waals surface area contributed by atoms with Crippen LogP contribution >= 0.6 is 0 Å². The van der Waals surface area contributed by atoms with E-state index < -0.39 is 0 Å². The van der Waals surface area contributed by atoms with E-state index in [1.165, 1.54) is 0 Å². The highest BCUT2D eigenvalue weighted by Gasteiger charge is 2.29. The number of hydrogen-bond acceptors (Lipinski definition) is 4. The maximum Gasteiger partial charge on any atom is 0.223 e. The average molecular weight is 342 g/mol. The Kier molecular flexibility index (Phi) is 6.23. The highest BCUT2D eigenvalue weighted by Crippen LogP contribution is 2.31. The Hall–Kier alpha value is -2.14. The summed E-state index contributed by atoms with van der Waals surface area (Å²) in [6.07, 6.45) is 4.40. The molecule has 0 saturated carbocycles. The van der Waals surface area contributed by atoms with Gasteiger partial charge in [0.15, 0.2) is 0 Å². The number of benzene rings is 1. The van der Waals surface area contributed by atoms with Crippen LogP contribution in [-0.4, -0.2) is 29.1 Å². The highest BCUT2D eigenvalue weighted by atomic mass is 16.5. The normalized spacial score (nSPS) is 17.6. The zero-order valence-electron chi connectivity index (χ0n) is 14.8. The van der Waals surface area contributed by atoms with Crippen molar-refractivity contribution in [2.75, 3.05) is 13.2 Å². The largest absolute Gasteiger partial charge is 0.377 e. The predicted molar refractivity (Wildman–Crippen MR) is 94.9 cm³/mol. The van der Waals surface area contributed by atoms with Gasteiger partial charge in [-0.2, -0.15) is 0 Å². The number of nitrogens with zero attached hydrogens (tertiary/aromatic N) is 2. The van der Waals surface area contributed by atoms with Gasteiger partial charge in [0.2, 0.25) is 5.91 Å². The van der Waals surface area contributed by atoms with Crippen LogP contribution in [0.1, 0.15) is 55.2 Å². The second-order valence-electron chi connectivity index (χ2n) is 6.60. The van der Waals surface area contributed by atoms with Crippen LogP contribution in [-0.2, 0) is 16.1 Å². The Morgan fingerprint density at radius 1 is 1.32 bits per heavy atom. The first kappa shape index (κ1) is 17.7. The maximum atomic E-state index is 12.6. The zero-order chi connectivity index (χ0) is 17.5. The summed E-state index contributed by atoms with van der Waals surface area (Å²) in [6, 6.07) is 12.1. The van der Waals surface area contributed by atoms with Crippen LogP contribution in [0.5, 0.6) is 0 Å². The fourth-order valence-electron chi connectivity index (χ4n) is 3.31. The number of aromatic nitrogens is 1. The van der Waals surface area contributed by atoms with Crippen molar-refractivity contribution in [2.45, 2.75) is 51.7 Å². The summed E-state index contributed by atoms with van der Waals surface area (Å²) in [5.74, 6) is 0.982. The minimum atomic E-state index is 0.0592. The van der Waals surface area contributed by atoms with Gasteiger partial charge in [-0.3, -0.25) is 4.79 Å². The third kappa shape index (κ3) is 4.92. The van der Waals surface area contributed by atoms with Crippen LogP contribution in [0.3, 0.4) is 0 Å². The molecule has 1 aromatic heterocycles. The van der Waals surface area contributed by atoms with Crippen LogP contribution in [0.15, 0.2) is 40.9 Å². The van der Waals surface area contributed by atoms with Gasteiger partial charge in [-0.05, 0) is 38.2 Å². The van der Waals surface area contributed by atoms with E-state index >= 15 is 0 Å². The Morgan fingerprint density at radius 3 is 2.92 bits per heavy atom. The van der Waals surface area contributed by atoms with Crippen molar-refractivity contribution in [3.8, 4) is 0 Å². The number of ether oxygens (including phenoxy) is 1. The number of hydrogen-bond donors (Lipinski definition) is 0. The van der Waals surface area contributed by atoms with Crippen molar-refractivity contribution < 1.29 is 14.1 Å². The van der Waals surface area contributed by atoms with E-state index in [2.05, 4.69) is 5.16 Å². The van der Waals surface area contributed by atoms with Gasteiger partial charge in [-0.15, -0.1) is 0 Å². The van der Waals surface area contributed by atoms with E-state index in [4.69, 9.17) is 9.26 Å². The highest BCUT2D eigenvalue weighted by molar-refractivity contribution is 5.76. The molecule has 134 valence electrons. The monoisotopic (exact) mass is 342 g/mol. The number of amides is 1. The molecule has 2 aromatic rings. The fourth-order valence-corrected chi connectivity index (χ4v) is 3.31. The third-order valence-electron chi connectivity index (χ3n) is 4.60. The van der Waals surface area contributed by atoms with Gasteiger partial charge in [0.05, 0.1) is 12.6 Å². The van der Waals surface area contributed by atoms with Crippen molar-refractivity contribution in [3.63, 3.8) is 0 Å². The Balaban J connectivity index is 1.44. The first-order valence-corrected chi connectivity index (χ1v) is 9.08. The van der Waals surface area contributed by atoms with Crippen molar-refractivity contribution in [3.05, 3.63) is 53.4 Å². The molecule has 1 saturated heterocycles. The first-order valence-electron chi connectivity index (χ1n) is 9.08. The van der Waals surface area contributed by atoms with Gasteiger partial charge in [0.25, 0.3) is 0 Å². The zero-order valence-corrected chi connectivity index (χ0v) is 14.8. The van der Waals surface area contributed by atoms with Crippen molar-refractivity contribution >= 4 is 5.91 Å². The van der Waals surface area contributed by atoms with Crippen LogP contribution < -0.4 is 0 Å². The summed E-state index contributed by atoms with van der Waals surface area (Å²) in [4.78, 5) is 14.6. The average Bonchev–Trinajstić information content (AvgIpc) is 3.08. The summed E-state index contributed by atoms with van der Waals surface area (Å²) >= 11 is 0. The van der Waals surface area contributed by atoms with Crippen LogP contribution in [0.25, 0.3) is 0 Å². The fraction of sp³-hybridized carbons (Fsp3) is 0.500. The quantitative estimate of drug-likeness (QED) is 0.713. The van der Waals surface area contributed by atoms with E-state index in [0.717, 1.165) is 49.2 Å². The molecule has 0 radical (unpaired) electrons. The van der Waals surface area contributed by atoms with Gasteiger partial charge >= 0.3 is 0 Å². The topological polar surface area (TPSA) is 55.6 Å². The smallest absolute Gasteiger partial charge is 0.223 e. The van der Waals surface area contributed by atoms with Gasteiger partial charge in [-0.25, -0.2) is 0 Å². The summed E-state index contributed by atoms with van der Waals surface area (Å²) in [6.45, 7) is 3.89. The first-order chi connectivity index (χ1) is 12.2. The van der Waals surface area contributed by atoms with E-state index in [1.54, 1.807) is 0 Å². The molecule has 1 aliphatic rings. The van der Waals surface area contributed by atoms with Crippen molar-refractivity contribution in [1.82, 2.24) is 10.1 Å². The number of carbonyl (C=O) groups excluding carboxylic acids is 1. The number of likely N-dealkylation sites (tertiary alicyclic amines) is 1. The molecule has 1 unspecified atom stereocenters. The standard InChI is InChI=1S/C20H26N2O3/c1-16-14-18(21-25-16)19-10-5-6-12-22(19)20(23)11-7-13-24-15-17-8-3-2-4-9-17/h2-4,8-9,14,19H,5-7,10-13,15H2,1H3. The van der Waals surface area contributed by atoms with Crippen LogP contribution in [0.2, 0.25) is 0 Å². The Labute approximate surface area is 148 Å². The molecular weight excluding hydrogens is 316 g/mol. The van der Waals surface area contributed by atoms with Gasteiger partial charge in [0.1, 0.15) is 11.5 Å². The summed E-state index contributed by atoms with van der Waals surface area (Å²) in [5.41, 5.74) is 2.04. The number of aryl methyl sites for hydroxylation is 1. The molecule has 1 aromatic carbocycles. The predicted octanol–water partition coefficient (Wildman–Crippen LogP) is 4.03. The van der Waals surface area contributed by atoms with Gasteiger partial charge in [-0.1, -0.05) is 35.5 Å². The van der Waals surface area contributed by atoms with E-state index in [0.29, 0.717) is 19.6 Å². The van der Waals surface area contributed by atoms with Crippen LogP contribution in [0, 0.1) is 6.92 Å². The molecule has 1 atom stereocenters. The minimum Gasteiger partial charge on any atom is -0.377 e. The molecule has 0 bridgehead atoms. The number of rotatable bonds is 7. The Bertz CT molecular complexity index is 669. The Morgan fingerprint density at radius 2 is 2.16 bits per heavy atom. The van der Waals surface area contributed by atoms with Gasteiger partial charge < -0.3 is 14.2 Å². The summed E-state index contributed by atoms with van der Waals surface area (Å²) in [7, 11) is 0. The van der Waals surface area contributed by atoms with Crippen molar-refractivity contribution in [1.29, 1.82) is 0 Å². The molecule has 0 aliphatic carbocycles. The van der Waals surface area contributed by atoms with E-state index in [9.17, 15) is 4.79 Å². The molecule has 3 rings (SSSR count). The SMILES string of the molecule is Cc1cc(C2CCCCN2C(=O)CCCOCc2ccccc2)no1. The minimum absolute atomic E-state index is 0.0592. The molecule has 2 heterocycles. The van der Waals surface area contributed by atoms with E-state index in [1.807, 2.05) is 48.2 Å². The van der Waals surface area contributed by atoms with Gasteiger partial charge in [0, 0.05) is 25.6 Å². The molecule has 25 heavy (non-hydrogen) atoms. The lowest BCUT2D eigenvalue weighted by Gasteiger charge is -2.34. The molecule has 1 aliphatic heterocycles. The lowest BCUT2D eigenvalue weighted by molar-refractivity contribution is -0.135. The maximum absolute atomic E-state index is 12.6. The van der Waals surface area contributed by atoms with Crippen molar-refractivity contribution in [2.24, 2.45) is 0 Å². The van der Waals surface area contributed by atoms with Crippen LogP contribution in [0.4, 0.5) is 0 Å². The third-order valence-corrected chi connectivity index (χ3v) is 4.60. The molecule has 1 fully saturated rings. The summed E-state index contributed by atoms with van der Waals surface area (Å²) < 4.78 is 10.9.